The van der Waals surface area contributed by atoms with Crippen LogP contribution in [0.2, 0.25) is 0 Å². The maximum absolute atomic E-state index is 11.7. The summed E-state index contributed by atoms with van der Waals surface area (Å²) >= 11 is 0. The van der Waals surface area contributed by atoms with Gasteiger partial charge in [-0.3, -0.25) is 9.89 Å². The second-order valence-corrected chi connectivity index (χ2v) is 7.24. The number of benzene rings is 1. The SMILES string of the molecule is O=C1CCCN1CCC1CCN(c2ccc(-c3cn[nH]c3)cc2)CC1. The molecule has 0 bridgehead atoms. The van der Waals surface area contributed by atoms with E-state index in [4.69, 9.17) is 0 Å². The largest absolute Gasteiger partial charge is 0.372 e. The molecule has 1 amide bonds. The van der Waals surface area contributed by atoms with E-state index in [0.29, 0.717) is 5.91 Å². The van der Waals surface area contributed by atoms with Crippen molar-refractivity contribution in [2.24, 2.45) is 5.92 Å². The molecular formula is C20H26N4O. The molecule has 25 heavy (non-hydrogen) atoms. The molecular weight excluding hydrogens is 312 g/mol. The Morgan fingerprint density at radius 2 is 1.88 bits per heavy atom. The average Bonchev–Trinajstić information content (AvgIpc) is 3.33. The zero-order valence-electron chi connectivity index (χ0n) is 14.7. The van der Waals surface area contributed by atoms with Crippen molar-refractivity contribution in [3.05, 3.63) is 36.7 Å². The van der Waals surface area contributed by atoms with Gasteiger partial charge in [0.25, 0.3) is 0 Å². The lowest BCUT2D eigenvalue weighted by Gasteiger charge is -2.34. The van der Waals surface area contributed by atoms with Crippen LogP contribution < -0.4 is 4.90 Å². The Labute approximate surface area is 149 Å². The standard InChI is InChI=1S/C20H26N4O/c25-20-2-1-10-24(20)13-9-16-7-11-23(12-8-16)19-5-3-17(4-6-19)18-14-21-22-15-18/h3-6,14-16H,1-2,7-13H2,(H,21,22). The predicted molar refractivity (Wildman–Crippen MR) is 99.4 cm³/mol. The number of piperidine rings is 1. The van der Waals surface area contributed by atoms with Crippen LogP contribution in [0.15, 0.2) is 36.7 Å². The highest BCUT2D eigenvalue weighted by atomic mass is 16.2. The number of rotatable bonds is 5. The molecule has 2 saturated heterocycles. The Kier molecular flexibility index (Phi) is 4.72. The zero-order chi connectivity index (χ0) is 17.1. The van der Waals surface area contributed by atoms with E-state index < -0.39 is 0 Å². The van der Waals surface area contributed by atoms with Gasteiger partial charge in [0.1, 0.15) is 0 Å². The molecule has 1 aromatic heterocycles. The van der Waals surface area contributed by atoms with Crippen molar-refractivity contribution in [1.29, 1.82) is 0 Å². The summed E-state index contributed by atoms with van der Waals surface area (Å²) in [5, 5.41) is 6.87. The minimum Gasteiger partial charge on any atom is -0.372 e. The predicted octanol–water partition coefficient (Wildman–Crippen LogP) is 3.31. The molecule has 0 atom stereocenters. The maximum atomic E-state index is 11.7. The second kappa shape index (κ2) is 7.30. The number of carbonyl (C=O) groups is 1. The Morgan fingerprint density at radius 3 is 2.52 bits per heavy atom. The van der Waals surface area contributed by atoms with Gasteiger partial charge in [-0.2, -0.15) is 5.10 Å². The summed E-state index contributed by atoms with van der Waals surface area (Å²) in [5.41, 5.74) is 3.63. The number of nitrogens with one attached hydrogen (secondary N) is 1. The number of H-pyrrole nitrogens is 1. The number of aromatic nitrogens is 2. The van der Waals surface area contributed by atoms with Crippen molar-refractivity contribution < 1.29 is 4.79 Å². The molecule has 3 heterocycles. The first-order chi connectivity index (χ1) is 12.3. The van der Waals surface area contributed by atoms with Crippen LogP contribution in [0.3, 0.4) is 0 Å². The molecule has 0 aliphatic carbocycles. The molecule has 5 nitrogen and oxygen atoms in total. The minimum absolute atomic E-state index is 0.357. The number of likely N-dealkylation sites (tertiary alicyclic amines) is 1. The van der Waals surface area contributed by atoms with Gasteiger partial charge in [-0.05, 0) is 49.3 Å². The topological polar surface area (TPSA) is 52.2 Å². The minimum atomic E-state index is 0.357. The first-order valence-corrected chi connectivity index (χ1v) is 9.41. The summed E-state index contributed by atoms with van der Waals surface area (Å²) in [6.07, 6.45) is 9.20. The van der Waals surface area contributed by atoms with Crippen LogP contribution in [0.5, 0.6) is 0 Å². The van der Waals surface area contributed by atoms with Gasteiger partial charge < -0.3 is 9.80 Å². The van der Waals surface area contributed by atoms with Crippen LogP contribution in [-0.4, -0.2) is 47.2 Å². The lowest BCUT2D eigenvalue weighted by atomic mass is 9.93. The summed E-state index contributed by atoms with van der Waals surface area (Å²) in [7, 11) is 0. The number of amides is 1. The van der Waals surface area contributed by atoms with Gasteiger partial charge >= 0.3 is 0 Å². The van der Waals surface area contributed by atoms with E-state index in [1.165, 1.54) is 30.5 Å². The molecule has 5 heteroatoms. The first-order valence-electron chi connectivity index (χ1n) is 9.41. The van der Waals surface area contributed by atoms with Gasteiger partial charge in [-0.25, -0.2) is 0 Å². The molecule has 2 aromatic rings. The normalized spacial score (nSPS) is 19.0. The molecule has 0 spiro atoms. The van der Waals surface area contributed by atoms with Crippen LogP contribution in [0, 0.1) is 5.92 Å². The van der Waals surface area contributed by atoms with E-state index in [1.54, 1.807) is 0 Å². The monoisotopic (exact) mass is 338 g/mol. The van der Waals surface area contributed by atoms with Crippen LogP contribution in [0.1, 0.15) is 32.1 Å². The molecule has 0 unspecified atom stereocenters. The van der Waals surface area contributed by atoms with Gasteiger partial charge in [0.05, 0.1) is 6.20 Å². The number of hydrogen-bond acceptors (Lipinski definition) is 3. The highest BCUT2D eigenvalue weighted by molar-refractivity contribution is 5.78. The lowest BCUT2D eigenvalue weighted by molar-refractivity contribution is -0.127. The Balaban J connectivity index is 1.27. The first kappa shape index (κ1) is 16.2. The zero-order valence-corrected chi connectivity index (χ0v) is 14.7. The smallest absolute Gasteiger partial charge is 0.222 e. The van der Waals surface area contributed by atoms with Gasteiger partial charge in [-0.1, -0.05) is 12.1 Å². The highest BCUT2D eigenvalue weighted by Gasteiger charge is 2.23. The summed E-state index contributed by atoms with van der Waals surface area (Å²) < 4.78 is 0. The van der Waals surface area contributed by atoms with Crippen molar-refractivity contribution in [3.8, 4) is 11.1 Å². The fourth-order valence-electron chi connectivity index (χ4n) is 4.03. The fourth-order valence-corrected chi connectivity index (χ4v) is 4.03. The van der Waals surface area contributed by atoms with Crippen molar-refractivity contribution in [2.45, 2.75) is 32.1 Å². The maximum Gasteiger partial charge on any atom is 0.222 e. The van der Waals surface area contributed by atoms with Crippen LogP contribution in [0.4, 0.5) is 5.69 Å². The number of anilines is 1. The summed E-state index contributed by atoms with van der Waals surface area (Å²) in [6, 6.07) is 8.77. The van der Waals surface area contributed by atoms with Crippen LogP contribution in [-0.2, 0) is 4.79 Å². The number of aromatic amines is 1. The summed E-state index contributed by atoms with van der Waals surface area (Å²) in [4.78, 5) is 16.2. The van der Waals surface area contributed by atoms with E-state index in [9.17, 15) is 4.79 Å². The quantitative estimate of drug-likeness (QED) is 0.910. The third-order valence-corrected chi connectivity index (χ3v) is 5.66. The molecule has 0 saturated carbocycles. The molecule has 2 fully saturated rings. The molecule has 2 aliphatic heterocycles. The van der Waals surface area contributed by atoms with E-state index >= 15 is 0 Å². The van der Waals surface area contributed by atoms with E-state index in [-0.39, 0.29) is 0 Å². The van der Waals surface area contributed by atoms with Gasteiger partial charge in [-0.15, -0.1) is 0 Å². The van der Waals surface area contributed by atoms with Gasteiger partial charge in [0, 0.05) is 50.0 Å². The van der Waals surface area contributed by atoms with Crippen LogP contribution in [0.25, 0.3) is 11.1 Å². The molecule has 4 rings (SSSR count). The Bertz CT molecular complexity index is 687. The fraction of sp³-hybridized carbons (Fsp3) is 0.500. The highest BCUT2D eigenvalue weighted by Crippen LogP contribution is 2.28. The van der Waals surface area contributed by atoms with E-state index in [0.717, 1.165) is 50.5 Å². The molecule has 1 aromatic carbocycles. The second-order valence-electron chi connectivity index (χ2n) is 7.24. The van der Waals surface area contributed by atoms with E-state index in [1.807, 2.05) is 12.4 Å². The number of nitrogens with zero attached hydrogens (tertiary/aromatic N) is 3. The average molecular weight is 338 g/mol. The number of hydrogen-bond donors (Lipinski definition) is 1. The lowest BCUT2D eigenvalue weighted by Crippen LogP contribution is -2.35. The third kappa shape index (κ3) is 3.70. The van der Waals surface area contributed by atoms with Crippen molar-refractivity contribution in [3.63, 3.8) is 0 Å². The Hall–Kier alpha value is -2.30. The van der Waals surface area contributed by atoms with Gasteiger partial charge in [0.2, 0.25) is 5.91 Å². The molecule has 2 aliphatic rings. The van der Waals surface area contributed by atoms with E-state index in [2.05, 4.69) is 44.3 Å². The summed E-state index contributed by atoms with van der Waals surface area (Å²) in [6.45, 7) is 4.16. The molecule has 132 valence electrons. The van der Waals surface area contributed by atoms with Crippen molar-refractivity contribution in [2.75, 3.05) is 31.1 Å². The van der Waals surface area contributed by atoms with Crippen LogP contribution >= 0.6 is 0 Å². The molecule has 0 radical (unpaired) electrons. The third-order valence-electron chi connectivity index (χ3n) is 5.66. The number of carbonyl (C=O) groups excluding carboxylic acids is 1. The summed E-state index contributed by atoms with van der Waals surface area (Å²) in [5.74, 6) is 1.12. The van der Waals surface area contributed by atoms with Crippen molar-refractivity contribution in [1.82, 2.24) is 15.1 Å². The van der Waals surface area contributed by atoms with Gasteiger partial charge in [0.15, 0.2) is 0 Å². The Morgan fingerprint density at radius 1 is 1.08 bits per heavy atom. The van der Waals surface area contributed by atoms with Crippen molar-refractivity contribution >= 4 is 11.6 Å². The molecule has 1 N–H and O–H groups in total.